The Morgan fingerprint density at radius 3 is 2.71 bits per heavy atom. The number of carbonyl (C=O) groups is 1. The first-order chi connectivity index (χ1) is 10.2. The summed E-state index contributed by atoms with van der Waals surface area (Å²) in [6.45, 7) is 0. The number of benzene rings is 1. The maximum atomic E-state index is 10.8. The summed E-state index contributed by atoms with van der Waals surface area (Å²) in [5, 5.41) is 0. The van der Waals surface area contributed by atoms with Crippen molar-refractivity contribution in [2.24, 2.45) is 5.73 Å². The predicted octanol–water partition coefficient (Wildman–Crippen LogP) is 2.73. The lowest BCUT2D eigenvalue weighted by molar-refractivity contribution is 0.208. The van der Waals surface area contributed by atoms with E-state index < -0.39 is 6.09 Å². The minimum Gasteiger partial charge on any atom is -0.497 e. The van der Waals surface area contributed by atoms with Crippen LogP contribution in [-0.2, 0) is 6.42 Å². The van der Waals surface area contributed by atoms with E-state index in [2.05, 4.69) is 4.98 Å². The van der Waals surface area contributed by atoms with E-state index in [1.807, 2.05) is 36.8 Å². The van der Waals surface area contributed by atoms with E-state index in [0.29, 0.717) is 0 Å². The van der Waals surface area contributed by atoms with E-state index in [-0.39, 0.29) is 5.88 Å². The topological polar surface area (TPSA) is 74.4 Å². The molecule has 0 bridgehead atoms. The monoisotopic (exact) mass is 285 g/mol. The Hall–Kier alpha value is -2.56. The smallest absolute Gasteiger partial charge is 0.411 e. The molecule has 0 spiro atoms. The molecule has 1 aromatic heterocycles. The molecule has 0 aliphatic carbocycles. The molecule has 0 aliphatic heterocycles. The summed E-state index contributed by atoms with van der Waals surface area (Å²) in [7, 11) is 1.64. The second kappa shape index (κ2) is 7.28. The highest BCUT2D eigenvalue weighted by Crippen LogP contribution is 2.19. The number of aryl methyl sites for hydroxylation is 1. The number of hydrogen-bond donors (Lipinski definition) is 1. The van der Waals surface area contributed by atoms with Crippen molar-refractivity contribution in [2.45, 2.75) is 12.8 Å². The molecule has 0 atom stereocenters. The van der Waals surface area contributed by atoms with Crippen molar-refractivity contribution in [3.63, 3.8) is 0 Å². The first kappa shape index (κ1) is 14.8. The van der Waals surface area contributed by atoms with Crippen LogP contribution in [0.3, 0.4) is 0 Å². The van der Waals surface area contributed by atoms with Gasteiger partial charge in [-0.1, -0.05) is 18.2 Å². The standard InChI is InChI=1S/C16H17N2O3/c1-20-14-9-7-12(8-10-14)4-2-5-13-6-3-11-18-15(13)21-16(17)19/h3,5-11H,2,4H2,1H3,(H2,17,19). The van der Waals surface area contributed by atoms with E-state index in [9.17, 15) is 4.79 Å². The largest absolute Gasteiger partial charge is 0.497 e. The van der Waals surface area contributed by atoms with Crippen LogP contribution in [0.4, 0.5) is 4.79 Å². The van der Waals surface area contributed by atoms with Gasteiger partial charge in [-0.05, 0) is 43.0 Å². The number of ether oxygens (including phenoxy) is 2. The highest BCUT2D eigenvalue weighted by Gasteiger charge is 2.07. The van der Waals surface area contributed by atoms with E-state index in [4.69, 9.17) is 15.2 Å². The summed E-state index contributed by atoms with van der Waals surface area (Å²) < 4.78 is 9.98. The molecule has 1 heterocycles. The molecular formula is C16H17N2O3. The molecule has 5 heteroatoms. The number of primary amides is 1. The number of rotatable bonds is 6. The van der Waals surface area contributed by atoms with Crippen LogP contribution in [0.1, 0.15) is 17.5 Å². The number of carbonyl (C=O) groups excluding carboxylic acids is 1. The molecule has 1 aromatic carbocycles. The lowest BCUT2D eigenvalue weighted by Gasteiger charge is -2.07. The van der Waals surface area contributed by atoms with Crippen LogP contribution in [0.2, 0.25) is 0 Å². The minimum atomic E-state index is -0.862. The fourth-order valence-electron chi connectivity index (χ4n) is 1.93. The third-order valence-electron chi connectivity index (χ3n) is 2.95. The van der Waals surface area contributed by atoms with E-state index in [1.165, 1.54) is 5.56 Å². The van der Waals surface area contributed by atoms with Gasteiger partial charge in [0.25, 0.3) is 0 Å². The molecule has 0 saturated heterocycles. The number of methoxy groups -OCH3 is 1. The van der Waals surface area contributed by atoms with Gasteiger partial charge in [0.15, 0.2) is 0 Å². The Kier molecular flexibility index (Phi) is 5.15. The Balaban J connectivity index is 1.92. The van der Waals surface area contributed by atoms with Gasteiger partial charge in [-0.2, -0.15) is 0 Å². The van der Waals surface area contributed by atoms with Crippen molar-refractivity contribution in [2.75, 3.05) is 7.11 Å². The molecule has 2 rings (SSSR count). The quantitative estimate of drug-likeness (QED) is 0.885. The number of hydrogen-bond acceptors (Lipinski definition) is 4. The van der Waals surface area contributed by atoms with Gasteiger partial charge in [-0.25, -0.2) is 9.78 Å². The second-order valence-electron chi connectivity index (χ2n) is 4.41. The fraction of sp³-hybridized carbons (Fsp3) is 0.188. The lowest BCUT2D eigenvalue weighted by Crippen LogP contribution is -2.17. The zero-order chi connectivity index (χ0) is 15.1. The Morgan fingerprint density at radius 1 is 1.29 bits per heavy atom. The molecule has 21 heavy (non-hydrogen) atoms. The van der Waals surface area contributed by atoms with Crippen molar-refractivity contribution in [3.05, 3.63) is 60.1 Å². The van der Waals surface area contributed by atoms with Gasteiger partial charge in [-0.3, -0.25) is 0 Å². The highest BCUT2D eigenvalue weighted by atomic mass is 16.6. The van der Waals surface area contributed by atoms with Crippen LogP contribution in [-0.4, -0.2) is 18.2 Å². The highest BCUT2D eigenvalue weighted by molar-refractivity contribution is 5.68. The Morgan fingerprint density at radius 2 is 2.05 bits per heavy atom. The van der Waals surface area contributed by atoms with E-state index >= 15 is 0 Å². The van der Waals surface area contributed by atoms with Crippen LogP contribution < -0.4 is 15.2 Å². The predicted molar refractivity (Wildman–Crippen MR) is 79.2 cm³/mol. The van der Waals surface area contributed by atoms with Gasteiger partial charge >= 0.3 is 6.09 Å². The maximum absolute atomic E-state index is 10.8. The summed E-state index contributed by atoms with van der Waals surface area (Å²) in [6, 6.07) is 11.5. The number of amides is 1. The summed E-state index contributed by atoms with van der Waals surface area (Å²) in [5.74, 6) is 1.08. The van der Waals surface area contributed by atoms with Gasteiger partial charge in [0, 0.05) is 11.8 Å². The third kappa shape index (κ3) is 4.49. The molecule has 5 nitrogen and oxygen atoms in total. The summed E-state index contributed by atoms with van der Waals surface area (Å²) in [4.78, 5) is 14.8. The third-order valence-corrected chi connectivity index (χ3v) is 2.95. The zero-order valence-corrected chi connectivity index (χ0v) is 11.8. The number of nitrogens with two attached hydrogens (primary N) is 1. The first-order valence-electron chi connectivity index (χ1n) is 6.57. The number of aromatic nitrogens is 1. The molecule has 1 radical (unpaired) electrons. The molecule has 0 aliphatic rings. The normalized spacial score (nSPS) is 10.1. The summed E-state index contributed by atoms with van der Waals surface area (Å²) >= 11 is 0. The van der Waals surface area contributed by atoms with Crippen molar-refractivity contribution >= 4 is 6.09 Å². The van der Waals surface area contributed by atoms with Gasteiger partial charge in [-0.15, -0.1) is 0 Å². The van der Waals surface area contributed by atoms with Crippen LogP contribution in [0.5, 0.6) is 11.6 Å². The molecule has 2 N–H and O–H groups in total. The minimum absolute atomic E-state index is 0.236. The van der Waals surface area contributed by atoms with E-state index in [1.54, 1.807) is 19.4 Å². The maximum Gasteiger partial charge on any atom is 0.411 e. The van der Waals surface area contributed by atoms with Crippen LogP contribution in [0, 0.1) is 6.42 Å². The average molecular weight is 285 g/mol. The lowest BCUT2D eigenvalue weighted by atomic mass is 10.0. The molecule has 0 unspecified atom stereocenters. The van der Waals surface area contributed by atoms with Crippen molar-refractivity contribution in [3.8, 4) is 11.6 Å². The molecule has 109 valence electrons. The fourth-order valence-corrected chi connectivity index (χ4v) is 1.93. The van der Waals surface area contributed by atoms with Gasteiger partial charge in [0.2, 0.25) is 5.88 Å². The number of pyridine rings is 1. The van der Waals surface area contributed by atoms with Crippen molar-refractivity contribution < 1.29 is 14.3 Å². The van der Waals surface area contributed by atoms with Gasteiger partial charge < -0.3 is 15.2 Å². The van der Waals surface area contributed by atoms with Crippen molar-refractivity contribution in [1.82, 2.24) is 4.98 Å². The average Bonchev–Trinajstić information content (AvgIpc) is 2.49. The molecule has 1 amide bonds. The molecule has 0 fully saturated rings. The van der Waals surface area contributed by atoms with Crippen molar-refractivity contribution in [1.29, 1.82) is 0 Å². The molecular weight excluding hydrogens is 268 g/mol. The Bertz CT molecular complexity index is 597. The van der Waals surface area contributed by atoms with Gasteiger partial charge in [0.1, 0.15) is 5.75 Å². The van der Waals surface area contributed by atoms with Crippen LogP contribution in [0.25, 0.3) is 0 Å². The molecule has 0 saturated carbocycles. The molecule has 2 aromatic rings. The first-order valence-corrected chi connectivity index (χ1v) is 6.57. The second-order valence-corrected chi connectivity index (χ2v) is 4.41. The Labute approximate surface area is 123 Å². The van der Waals surface area contributed by atoms with Gasteiger partial charge in [0.05, 0.1) is 7.11 Å². The SMILES string of the molecule is COc1ccc(CC[CH]c2cccnc2OC(N)=O)cc1. The van der Waals surface area contributed by atoms with E-state index in [0.717, 1.165) is 24.2 Å². The van der Waals surface area contributed by atoms with Crippen LogP contribution in [0.15, 0.2) is 42.6 Å². The zero-order valence-electron chi connectivity index (χ0n) is 11.8. The summed E-state index contributed by atoms with van der Waals surface area (Å²) in [5.41, 5.74) is 6.97. The van der Waals surface area contributed by atoms with Crippen LogP contribution >= 0.6 is 0 Å². The number of nitrogens with zero attached hydrogens (tertiary/aromatic N) is 1. The summed E-state index contributed by atoms with van der Waals surface area (Å²) in [6.07, 6.45) is 4.33.